The Balaban J connectivity index is 1.39. The minimum Gasteiger partial charge on any atom is -0.332 e. The molecule has 0 bridgehead atoms. The maximum atomic E-state index is 11.8. The molecule has 4 rings (SSSR count). The molecule has 1 fully saturated rings. The number of fused-ring (bicyclic) bond motifs is 1. The molecule has 3 heterocycles. The van der Waals surface area contributed by atoms with Crippen molar-refractivity contribution in [1.82, 2.24) is 35.7 Å². The number of nitrogens with zero attached hydrogens (tertiary/aromatic N) is 4. The van der Waals surface area contributed by atoms with E-state index in [1.807, 2.05) is 0 Å². The van der Waals surface area contributed by atoms with E-state index in [2.05, 4.69) is 62.1 Å². The number of hydrogen-bond acceptors (Lipinski definition) is 5. The van der Waals surface area contributed by atoms with Gasteiger partial charge in [-0.25, -0.2) is 10.2 Å². The van der Waals surface area contributed by atoms with Crippen LogP contribution in [0.25, 0.3) is 0 Å². The van der Waals surface area contributed by atoms with Crippen LogP contribution in [0.5, 0.6) is 0 Å². The third kappa shape index (κ3) is 4.77. The van der Waals surface area contributed by atoms with Crippen molar-refractivity contribution in [3.8, 4) is 0 Å². The van der Waals surface area contributed by atoms with Crippen LogP contribution in [0.2, 0.25) is 0 Å². The molecule has 0 spiro atoms. The molecule has 8 nitrogen and oxygen atoms in total. The molecule has 2 amide bonds. The van der Waals surface area contributed by atoms with Gasteiger partial charge in [0.1, 0.15) is 0 Å². The molecule has 2 aliphatic rings. The second kappa shape index (κ2) is 8.94. The van der Waals surface area contributed by atoms with Crippen molar-refractivity contribution in [3.05, 3.63) is 53.3 Å². The van der Waals surface area contributed by atoms with E-state index < -0.39 is 0 Å². The monoisotopic (exact) mass is 397 g/mol. The van der Waals surface area contributed by atoms with E-state index in [-0.39, 0.29) is 6.03 Å². The van der Waals surface area contributed by atoms with Crippen molar-refractivity contribution < 1.29 is 4.79 Å². The Labute approximate surface area is 172 Å². The summed E-state index contributed by atoms with van der Waals surface area (Å²) in [6.07, 6.45) is 1.09. The Kier molecular flexibility index (Phi) is 6.13. The first-order valence-electron chi connectivity index (χ1n) is 10.4. The summed E-state index contributed by atoms with van der Waals surface area (Å²) in [4.78, 5) is 15.8. The molecule has 0 saturated carbocycles. The first kappa shape index (κ1) is 19.9. The molecule has 1 aromatic heterocycles. The molecular weight excluding hydrogens is 366 g/mol. The lowest BCUT2D eigenvalue weighted by molar-refractivity contribution is 0.216. The highest BCUT2D eigenvalue weighted by Gasteiger charge is 2.30. The van der Waals surface area contributed by atoms with Gasteiger partial charge in [0, 0.05) is 52.7 Å². The maximum absolute atomic E-state index is 11.8. The number of aromatic nitrogens is 2. The smallest absolute Gasteiger partial charge is 0.317 e. The Morgan fingerprint density at radius 1 is 1.28 bits per heavy atom. The zero-order valence-electron chi connectivity index (χ0n) is 17.3. The molecule has 2 atom stereocenters. The van der Waals surface area contributed by atoms with Gasteiger partial charge in [-0.1, -0.05) is 30.3 Å². The Morgan fingerprint density at radius 3 is 2.90 bits per heavy atom. The SMILES string of the molecule is CN(C)C(=O)NCc1cc2n(n1)CCCN(CC1CNNC1c1ccccc1)C2. The molecule has 29 heavy (non-hydrogen) atoms. The van der Waals surface area contributed by atoms with Gasteiger partial charge < -0.3 is 10.2 Å². The predicted molar refractivity (Wildman–Crippen MR) is 112 cm³/mol. The molecule has 2 aliphatic heterocycles. The summed E-state index contributed by atoms with van der Waals surface area (Å²) in [5.74, 6) is 0.519. The quantitative estimate of drug-likeness (QED) is 0.710. The zero-order valence-corrected chi connectivity index (χ0v) is 17.3. The van der Waals surface area contributed by atoms with Crippen molar-refractivity contribution in [2.24, 2.45) is 5.92 Å². The Hall–Kier alpha value is -2.42. The summed E-state index contributed by atoms with van der Waals surface area (Å²) < 4.78 is 2.11. The fourth-order valence-electron chi connectivity index (χ4n) is 4.21. The van der Waals surface area contributed by atoms with Gasteiger partial charge in [-0.2, -0.15) is 5.10 Å². The molecular formula is C21H31N7O. The molecule has 3 N–H and O–H groups in total. The van der Waals surface area contributed by atoms with E-state index >= 15 is 0 Å². The van der Waals surface area contributed by atoms with Gasteiger partial charge in [0.05, 0.1) is 24.0 Å². The first-order chi connectivity index (χ1) is 14.1. The molecule has 2 unspecified atom stereocenters. The van der Waals surface area contributed by atoms with Gasteiger partial charge in [0.2, 0.25) is 0 Å². The van der Waals surface area contributed by atoms with Crippen LogP contribution in [0.3, 0.4) is 0 Å². The maximum Gasteiger partial charge on any atom is 0.317 e. The number of benzene rings is 1. The summed E-state index contributed by atoms with van der Waals surface area (Å²) in [6, 6.07) is 13.0. The fourth-order valence-corrected chi connectivity index (χ4v) is 4.21. The highest BCUT2D eigenvalue weighted by Crippen LogP contribution is 2.26. The minimum atomic E-state index is -0.0944. The lowest BCUT2D eigenvalue weighted by Gasteiger charge is -2.26. The lowest BCUT2D eigenvalue weighted by atomic mass is 9.94. The van der Waals surface area contributed by atoms with Crippen molar-refractivity contribution in [2.45, 2.75) is 32.1 Å². The van der Waals surface area contributed by atoms with Crippen molar-refractivity contribution in [1.29, 1.82) is 0 Å². The van der Waals surface area contributed by atoms with Crippen molar-refractivity contribution in [2.75, 3.05) is 33.7 Å². The zero-order chi connectivity index (χ0) is 20.2. The van der Waals surface area contributed by atoms with Crippen LogP contribution >= 0.6 is 0 Å². The van der Waals surface area contributed by atoms with Crippen LogP contribution in [0, 0.1) is 5.92 Å². The molecule has 2 aromatic rings. The highest BCUT2D eigenvalue weighted by atomic mass is 16.2. The molecule has 0 aliphatic carbocycles. The second-order valence-electron chi connectivity index (χ2n) is 8.17. The van der Waals surface area contributed by atoms with Crippen LogP contribution in [0.1, 0.15) is 29.4 Å². The van der Waals surface area contributed by atoms with Crippen LogP contribution in [0.4, 0.5) is 4.79 Å². The van der Waals surface area contributed by atoms with Gasteiger partial charge in [-0.3, -0.25) is 15.0 Å². The van der Waals surface area contributed by atoms with Crippen molar-refractivity contribution >= 4 is 6.03 Å². The van der Waals surface area contributed by atoms with Crippen LogP contribution in [0.15, 0.2) is 36.4 Å². The summed E-state index contributed by atoms with van der Waals surface area (Å²) >= 11 is 0. The van der Waals surface area contributed by atoms with Gasteiger partial charge in [0.25, 0.3) is 0 Å². The number of aryl methyl sites for hydroxylation is 1. The Bertz CT molecular complexity index is 820. The summed E-state index contributed by atoms with van der Waals surface area (Å²) in [6.45, 7) is 5.37. The molecule has 1 aromatic carbocycles. The van der Waals surface area contributed by atoms with Crippen LogP contribution in [-0.2, 0) is 19.6 Å². The molecule has 156 valence electrons. The van der Waals surface area contributed by atoms with E-state index in [1.165, 1.54) is 16.2 Å². The standard InChI is InChI=1S/C21H31N7O/c1-26(2)21(29)22-13-18-11-19-15-27(9-6-10-28(19)25-18)14-17-12-23-24-20(17)16-7-4-3-5-8-16/h3-5,7-8,11,17,20,23-24H,6,9-10,12-15H2,1-2H3,(H,22,29). The second-order valence-corrected chi connectivity index (χ2v) is 8.17. The average Bonchev–Trinajstić information content (AvgIpc) is 3.29. The first-order valence-corrected chi connectivity index (χ1v) is 10.4. The molecule has 0 radical (unpaired) electrons. The van der Waals surface area contributed by atoms with Crippen LogP contribution in [-0.4, -0.2) is 59.3 Å². The van der Waals surface area contributed by atoms with Crippen molar-refractivity contribution in [3.63, 3.8) is 0 Å². The van der Waals surface area contributed by atoms with Crippen LogP contribution < -0.4 is 16.2 Å². The van der Waals surface area contributed by atoms with Gasteiger partial charge >= 0.3 is 6.03 Å². The minimum absolute atomic E-state index is 0.0944. The number of hydrogen-bond donors (Lipinski definition) is 3. The molecule has 1 saturated heterocycles. The number of urea groups is 1. The van der Waals surface area contributed by atoms with E-state index in [0.717, 1.165) is 44.8 Å². The van der Waals surface area contributed by atoms with E-state index in [1.54, 1.807) is 14.1 Å². The van der Waals surface area contributed by atoms with Gasteiger partial charge in [-0.15, -0.1) is 0 Å². The third-order valence-electron chi connectivity index (χ3n) is 5.72. The van der Waals surface area contributed by atoms with E-state index in [4.69, 9.17) is 5.10 Å². The summed E-state index contributed by atoms with van der Waals surface area (Å²) in [7, 11) is 3.48. The topological polar surface area (TPSA) is 77.5 Å². The third-order valence-corrected chi connectivity index (χ3v) is 5.72. The average molecular weight is 398 g/mol. The van der Waals surface area contributed by atoms with Gasteiger partial charge in [-0.05, 0) is 18.1 Å². The van der Waals surface area contributed by atoms with E-state index in [0.29, 0.717) is 18.5 Å². The summed E-state index contributed by atoms with van der Waals surface area (Å²) in [5, 5.41) is 7.60. The summed E-state index contributed by atoms with van der Waals surface area (Å²) in [5.41, 5.74) is 10.3. The largest absolute Gasteiger partial charge is 0.332 e. The number of hydrazine groups is 1. The number of amides is 2. The fraction of sp³-hybridized carbons (Fsp3) is 0.524. The number of rotatable bonds is 5. The Morgan fingerprint density at radius 2 is 2.10 bits per heavy atom. The lowest BCUT2D eigenvalue weighted by Crippen LogP contribution is -2.34. The van der Waals surface area contributed by atoms with E-state index in [9.17, 15) is 4.79 Å². The molecule has 8 heteroatoms. The number of carbonyl (C=O) groups excluding carboxylic acids is 1. The number of nitrogens with one attached hydrogen (secondary N) is 3. The number of carbonyl (C=O) groups is 1. The normalized spacial score (nSPS) is 22.1. The highest BCUT2D eigenvalue weighted by molar-refractivity contribution is 5.73. The van der Waals surface area contributed by atoms with Gasteiger partial charge in [0.15, 0.2) is 0 Å². The predicted octanol–water partition coefficient (Wildman–Crippen LogP) is 1.33.